The monoisotopic (exact) mass is 349 g/mol. The van der Waals surface area contributed by atoms with Crippen molar-refractivity contribution >= 4 is 11.9 Å². The number of hydrogen-bond donors (Lipinski definition) is 0. The summed E-state index contributed by atoms with van der Waals surface area (Å²) in [4.78, 5) is 25.9. The van der Waals surface area contributed by atoms with Gasteiger partial charge in [0.2, 0.25) is 5.91 Å². The smallest absolute Gasteiger partial charge is 0.302 e. The van der Waals surface area contributed by atoms with Gasteiger partial charge >= 0.3 is 5.97 Å². The van der Waals surface area contributed by atoms with E-state index in [0.29, 0.717) is 13.0 Å². The first-order valence-corrected chi connectivity index (χ1v) is 8.26. The lowest BCUT2D eigenvalue weighted by Gasteiger charge is -2.33. The summed E-state index contributed by atoms with van der Waals surface area (Å²) in [5.41, 5.74) is 0.980. The molecule has 0 N–H and O–H groups in total. The summed E-state index contributed by atoms with van der Waals surface area (Å²) in [5, 5.41) is 0. The molecule has 1 saturated carbocycles. The van der Waals surface area contributed by atoms with Crippen LogP contribution < -0.4 is 4.74 Å². The van der Waals surface area contributed by atoms with E-state index in [2.05, 4.69) is 0 Å². The van der Waals surface area contributed by atoms with Crippen molar-refractivity contribution in [2.75, 3.05) is 21.0 Å². The van der Waals surface area contributed by atoms with E-state index in [1.807, 2.05) is 24.3 Å². The molecule has 1 aromatic rings. The Morgan fingerprint density at radius 1 is 1.24 bits per heavy atom. The van der Waals surface area contributed by atoms with Crippen LogP contribution in [-0.2, 0) is 30.3 Å². The van der Waals surface area contributed by atoms with Crippen LogP contribution >= 0.6 is 0 Å². The van der Waals surface area contributed by atoms with E-state index in [1.165, 1.54) is 14.0 Å². The molecule has 25 heavy (non-hydrogen) atoms. The minimum Gasteiger partial charge on any atom is -0.497 e. The van der Waals surface area contributed by atoms with E-state index in [4.69, 9.17) is 18.9 Å². The number of hydrogen-bond acceptors (Lipinski definition) is 6. The van der Waals surface area contributed by atoms with E-state index in [-0.39, 0.29) is 42.8 Å². The zero-order valence-corrected chi connectivity index (χ0v) is 14.6. The molecule has 3 rings (SSSR count). The van der Waals surface area contributed by atoms with Gasteiger partial charge in [-0.25, -0.2) is 0 Å². The van der Waals surface area contributed by atoms with Crippen LogP contribution in [0.2, 0.25) is 0 Å². The first kappa shape index (κ1) is 17.7. The van der Waals surface area contributed by atoms with Crippen molar-refractivity contribution in [3.05, 3.63) is 29.8 Å². The molecule has 0 radical (unpaired) electrons. The third-order valence-electron chi connectivity index (χ3n) is 4.77. The summed E-state index contributed by atoms with van der Waals surface area (Å²) in [5.74, 6) is 0.144. The van der Waals surface area contributed by atoms with Crippen LogP contribution in [0.4, 0.5) is 0 Å². The molecule has 7 nitrogen and oxygen atoms in total. The summed E-state index contributed by atoms with van der Waals surface area (Å²) in [7, 11) is 3.15. The summed E-state index contributed by atoms with van der Waals surface area (Å²) >= 11 is 0. The zero-order valence-electron chi connectivity index (χ0n) is 14.6. The van der Waals surface area contributed by atoms with Crippen molar-refractivity contribution in [3.63, 3.8) is 0 Å². The van der Waals surface area contributed by atoms with Crippen molar-refractivity contribution in [2.24, 2.45) is 5.92 Å². The maximum Gasteiger partial charge on any atom is 0.302 e. The fourth-order valence-corrected chi connectivity index (χ4v) is 3.76. The number of nitrogens with zero attached hydrogens (tertiary/aromatic N) is 1. The first-order valence-electron chi connectivity index (χ1n) is 8.26. The molecule has 1 heterocycles. The van der Waals surface area contributed by atoms with Crippen LogP contribution in [-0.4, -0.2) is 56.0 Å². The molecule has 1 aliphatic carbocycles. The molecule has 2 bridgehead atoms. The lowest BCUT2D eigenvalue weighted by Crippen LogP contribution is -2.47. The fraction of sp³-hybridized carbons (Fsp3) is 0.556. The number of piperidine rings is 1. The lowest BCUT2D eigenvalue weighted by molar-refractivity contribution is -0.156. The van der Waals surface area contributed by atoms with Gasteiger partial charge in [-0.05, 0) is 17.7 Å². The maximum atomic E-state index is 12.7. The van der Waals surface area contributed by atoms with Crippen molar-refractivity contribution in [1.29, 1.82) is 0 Å². The van der Waals surface area contributed by atoms with Gasteiger partial charge in [-0.2, -0.15) is 0 Å². The Bertz CT molecular complexity index is 631. The highest BCUT2D eigenvalue weighted by Crippen LogP contribution is 2.43. The topological polar surface area (TPSA) is 74.3 Å². The van der Waals surface area contributed by atoms with Gasteiger partial charge in [0.15, 0.2) is 0 Å². The van der Waals surface area contributed by atoms with Gasteiger partial charge in [-0.15, -0.1) is 0 Å². The van der Waals surface area contributed by atoms with Gasteiger partial charge in [-0.3, -0.25) is 9.59 Å². The van der Waals surface area contributed by atoms with Gasteiger partial charge in [0, 0.05) is 27.0 Å². The highest BCUT2D eigenvalue weighted by molar-refractivity contribution is 5.84. The molecule has 7 heteroatoms. The Labute approximate surface area is 146 Å². The number of carbonyl (C=O) groups excluding carboxylic acids is 2. The quantitative estimate of drug-likeness (QED) is 0.546. The van der Waals surface area contributed by atoms with Crippen LogP contribution in [0, 0.1) is 5.92 Å². The van der Waals surface area contributed by atoms with Gasteiger partial charge in [0.05, 0.1) is 25.2 Å². The van der Waals surface area contributed by atoms with Gasteiger partial charge in [-0.1, -0.05) is 12.1 Å². The van der Waals surface area contributed by atoms with Crippen LogP contribution in [0.3, 0.4) is 0 Å². The molecule has 0 unspecified atom stereocenters. The standard InChI is InChI=1S/C18H23NO6/c1-11(20)25-15-8-14-17(24-10-22-2)16(15)19(18(14)21)9-12-4-6-13(23-3)7-5-12/h4-7,14-17H,8-10H2,1-3H3/t14-,15-,16+,17+/m0/s1. The number of amides is 1. The van der Waals surface area contributed by atoms with Crippen molar-refractivity contribution in [2.45, 2.75) is 38.1 Å². The molecular weight excluding hydrogens is 326 g/mol. The molecule has 2 fully saturated rings. The maximum absolute atomic E-state index is 12.7. The number of benzene rings is 1. The summed E-state index contributed by atoms with van der Waals surface area (Å²) in [6, 6.07) is 7.26. The minimum absolute atomic E-state index is 0.0327. The zero-order chi connectivity index (χ0) is 18.0. The summed E-state index contributed by atoms with van der Waals surface area (Å²) in [6.07, 6.45) is -0.174. The number of fused-ring (bicyclic) bond motifs is 2. The molecular formula is C18H23NO6. The second kappa shape index (κ2) is 7.41. The lowest BCUT2D eigenvalue weighted by atomic mass is 10.1. The largest absolute Gasteiger partial charge is 0.497 e. The van der Waals surface area contributed by atoms with Crippen LogP contribution in [0.5, 0.6) is 5.75 Å². The van der Waals surface area contributed by atoms with E-state index < -0.39 is 0 Å². The van der Waals surface area contributed by atoms with Gasteiger partial charge in [0.1, 0.15) is 18.6 Å². The van der Waals surface area contributed by atoms with Gasteiger partial charge in [0.25, 0.3) is 0 Å². The molecule has 1 aromatic carbocycles. The highest BCUT2D eigenvalue weighted by atomic mass is 16.7. The van der Waals surface area contributed by atoms with E-state index in [1.54, 1.807) is 12.0 Å². The predicted molar refractivity (Wildman–Crippen MR) is 87.7 cm³/mol. The fourth-order valence-electron chi connectivity index (χ4n) is 3.76. The van der Waals surface area contributed by atoms with Crippen molar-refractivity contribution in [1.82, 2.24) is 4.90 Å². The predicted octanol–water partition coefficient (Wildman–Crippen LogP) is 1.35. The highest BCUT2D eigenvalue weighted by Gasteiger charge is 2.59. The average molecular weight is 349 g/mol. The average Bonchev–Trinajstić information content (AvgIpc) is 3.05. The number of likely N-dealkylation sites (tertiary alicyclic amines) is 1. The number of carbonyl (C=O) groups is 2. The molecule has 1 saturated heterocycles. The third-order valence-corrected chi connectivity index (χ3v) is 4.77. The molecule has 1 amide bonds. The van der Waals surface area contributed by atoms with E-state index >= 15 is 0 Å². The second-order valence-electron chi connectivity index (χ2n) is 6.33. The molecule has 0 aromatic heterocycles. The summed E-state index contributed by atoms with van der Waals surface area (Å²) < 4.78 is 21.3. The third kappa shape index (κ3) is 3.48. The van der Waals surface area contributed by atoms with E-state index in [0.717, 1.165) is 11.3 Å². The SMILES string of the molecule is COCO[C@H]1[C@H]2[C@@H](OC(C)=O)C[C@@H]1C(=O)N2Cc1ccc(OC)cc1. The number of methoxy groups -OCH3 is 2. The van der Waals surface area contributed by atoms with Gasteiger partial charge < -0.3 is 23.8 Å². The Morgan fingerprint density at radius 2 is 1.96 bits per heavy atom. The Balaban J connectivity index is 1.79. The molecule has 136 valence electrons. The molecule has 4 atom stereocenters. The normalized spacial score (nSPS) is 27.6. The van der Waals surface area contributed by atoms with Crippen LogP contribution in [0.1, 0.15) is 18.9 Å². The summed E-state index contributed by atoms with van der Waals surface area (Å²) in [6.45, 7) is 1.93. The number of ether oxygens (including phenoxy) is 4. The Hall–Kier alpha value is -2.12. The molecule has 1 aliphatic heterocycles. The second-order valence-corrected chi connectivity index (χ2v) is 6.33. The van der Waals surface area contributed by atoms with Crippen molar-refractivity contribution < 1.29 is 28.5 Å². The number of esters is 1. The first-order chi connectivity index (χ1) is 12.0. The molecule has 2 aliphatic rings. The Kier molecular flexibility index (Phi) is 5.24. The Morgan fingerprint density at radius 3 is 2.56 bits per heavy atom. The van der Waals surface area contributed by atoms with Crippen LogP contribution in [0.15, 0.2) is 24.3 Å². The number of rotatable bonds is 7. The minimum atomic E-state index is -0.347. The van der Waals surface area contributed by atoms with E-state index in [9.17, 15) is 9.59 Å². The molecule has 0 spiro atoms. The van der Waals surface area contributed by atoms with Crippen molar-refractivity contribution in [3.8, 4) is 5.75 Å². The van der Waals surface area contributed by atoms with Crippen LogP contribution in [0.25, 0.3) is 0 Å².